The van der Waals surface area contributed by atoms with E-state index < -0.39 is 9.84 Å². The average Bonchev–Trinajstić information content (AvgIpc) is 3.04. The monoisotopic (exact) mass is 382 g/mol. The van der Waals surface area contributed by atoms with Gasteiger partial charge in [0.15, 0.2) is 15.0 Å². The number of nitrogens with zero attached hydrogens (tertiary/aromatic N) is 1. The van der Waals surface area contributed by atoms with Crippen LogP contribution in [0, 0.1) is 0 Å². The van der Waals surface area contributed by atoms with Crippen LogP contribution in [0.15, 0.2) is 65.6 Å². The molecular formula is C19H14N2O3S2. The minimum Gasteiger partial charge on any atom is -0.298 e. The smallest absolute Gasteiger partial charge is 0.257 e. The van der Waals surface area contributed by atoms with E-state index in [1.54, 1.807) is 12.1 Å². The second kappa shape index (κ2) is 6.19. The van der Waals surface area contributed by atoms with Gasteiger partial charge < -0.3 is 0 Å². The first-order valence-corrected chi connectivity index (χ1v) is 10.5. The lowest BCUT2D eigenvalue weighted by molar-refractivity contribution is 0.102. The van der Waals surface area contributed by atoms with Gasteiger partial charge in [0.05, 0.1) is 15.1 Å². The number of amides is 1. The van der Waals surface area contributed by atoms with Gasteiger partial charge >= 0.3 is 0 Å². The van der Waals surface area contributed by atoms with Crippen molar-refractivity contribution in [1.82, 2.24) is 4.98 Å². The highest BCUT2D eigenvalue weighted by molar-refractivity contribution is 7.90. The van der Waals surface area contributed by atoms with Gasteiger partial charge in [-0.05, 0) is 29.7 Å². The molecule has 0 fully saturated rings. The van der Waals surface area contributed by atoms with Crippen LogP contribution in [0.5, 0.6) is 0 Å². The Balaban J connectivity index is 1.69. The zero-order valence-electron chi connectivity index (χ0n) is 13.8. The summed E-state index contributed by atoms with van der Waals surface area (Å²) < 4.78 is 24.3. The number of nitrogens with one attached hydrogen (secondary N) is 1. The van der Waals surface area contributed by atoms with E-state index in [0.29, 0.717) is 5.13 Å². The van der Waals surface area contributed by atoms with Crippen LogP contribution in [0.3, 0.4) is 0 Å². The van der Waals surface area contributed by atoms with E-state index >= 15 is 0 Å². The predicted molar refractivity (Wildman–Crippen MR) is 105 cm³/mol. The molecule has 0 bridgehead atoms. The highest BCUT2D eigenvalue weighted by Gasteiger charge is 2.14. The molecule has 130 valence electrons. The molecule has 0 saturated heterocycles. The SMILES string of the molecule is CS(=O)(=O)c1cccc(C(=O)Nc2nc3c(ccc4ccccc43)s2)c1. The van der Waals surface area contributed by atoms with Crippen molar-refractivity contribution in [2.24, 2.45) is 0 Å². The lowest BCUT2D eigenvalue weighted by Gasteiger charge is -2.03. The maximum atomic E-state index is 12.5. The molecule has 26 heavy (non-hydrogen) atoms. The number of rotatable bonds is 3. The van der Waals surface area contributed by atoms with E-state index in [2.05, 4.69) is 10.3 Å². The summed E-state index contributed by atoms with van der Waals surface area (Å²) in [5.74, 6) is -0.390. The molecule has 0 spiro atoms. The largest absolute Gasteiger partial charge is 0.298 e. The summed E-state index contributed by atoms with van der Waals surface area (Å²) >= 11 is 1.38. The van der Waals surface area contributed by atoms with Crippen molar-refractivity contribution >= 4 is 53.2 Å². The highest BCUT2D eigenvalue weighted by atomic mass is 32.2. The van der Waals surface area contributed by atoms with E-state index in [-0.39, 0.29) is 16.4 Å². The molecular weight excluding hydrogens is 368 g/mol. The van der Waals surface area contributed by atoms with Crippen molar-refractivity contribution in [2.45, 2.75) is 4.90 Å². The van der Waals surface area contributed by atoms with Crippen molar-refractivity contribution in [2.75, 3.05) is 11.6 Å². The van der Waals surface area contributed by atoms with Crippen molar-refractivity contribution < 1.29 is 13.2 Å². The molecule has 0 unspecified atom stereocenters. The van der Waals surface area contributed by atoms with E-state index in [1.165, 1.54) is 23.5 Å². The Morgan fingerprint density at radius 1 is 1.04 bits per heavy atom. The number of hydrogen-bond acceptors (Lipinski definition) is 5. The Hall–Kier alpha value is -2.77. The molecule has 0 aliphatic heterocycles. The van der Waals surface area contributed by atoms with Crippen LogP contribution in [0.2, 0.25) is 0 Å². The molecule has 1 N–H and O–H groups in total. The van der Waals surface area contributed by atoms with Gasteiger partial charge in [-0.2, -0.15) is 0 Å². The first-order chi connectivity index (χ1) is 12.4. The van der Waals surface area contributed by atoms with Crippen LogP contribution in [-0.2, 0) is 9.84 Å². The van der Waals surface area contributed by atoms with Crippen molar-refractivity contribution in [3.05, 3.63) is 66.2 Å². The van der Waals surface area contributed by atoms with E-state index in [0.717, 1.165) is 27.2 Å². The average molecular weight is 382 g/mol. The fraction of sp³-hybridized carbons (Fsp3) is 0.0526. The number of carbonyl (C=O) groups is 1. The Morgan fingerprint density at radius 3 is 2.65 bits per heavy atom. The number of anilines is 1. The Kier molecular flexibility index (Phi) is 3.97. The number of benzene rings is 3. The van der Waals surface area contributed by atoms with Gasteiger partial charge in [0.25, 0.3) is 5.91 Å². The van der Waals surface area contributed by atoms with Gasteiger partial charge in [-0.1, -0.05) is 47.7 Å². The van der Waals surface area contributed by atoms with Gasteiger partial charge in [0.1, 0.15) is 0 Å². The van der Waals surface area contributed by atoms with Gasteiger partial charge in [-0.3, -0.25) is 10.1 Å². The molecule has 1 amide bonds. The fourth-order valence-electron chi connectivity index (χ4n) is 2.75. The fourth-order valence-corrected chi connectivity index (χ4v) is 4.30. The number of sulfone groups is 1. The topological polar surface area (TPSA) is 76.1 Å². The van der Waals surface area contributed by atoms with Gasteiger partial charge in [0.2, 0.25) is 0 Å². The van der Waals surface area contributed by atoms with Crippen molar-refractivity contribution in [3.8, 4) is 0 Å². The number of fused-ring (bicyclic) bond motifs is 3. The molecule has 7 heteroatoms. The van der Waals surface area contributed by atoms with Crippen LogP contribution in [0.25, 0.3) is 21.0 Å². The quantitative estimate of drug-likeness (QED) is 0.579. The summed E-state index contributed by atoms with van der Waals surface area (Å²) in [4.78, 5) is 17.2. The summed E-state index contributed by atoms with van der Waals surface area (Å²) in [6.45, 7) is 0. The van der Waals surface area contributed by atoms with Crippen molar-refractivity contribution in [1.29, 1.82) is 0 Å². The Morgan fingerprint density at radius 2 is 1.85 bits per heavy atom. The third kappa shape index (κ3) is 3.07. The molecule has 1 heterocycles. The number of thiazole rings is 1. The maximum Gasteiger partial charge on any atom is 0.257 e. The third-order valence-electron chi connectivity index (χ3n) is 4.03. The minimum atomic E-state index is -3.37. The molecule has 5 nitrogen and oxygen atoms in total. The van der Waals surface area contributed by atoms with Gasteiger partial charge in [-0.25, -0.2) is 13.4 Å². The van der Waals surface area contributed by atoms with Gasteiger partial charge in [0, 0.05) is 17.2 Å². The Labute approximate surface area is 154 Å². The molecule has 0 aliphatic rings. The molecule has 0 saturated carbocycles. The second-order valence-corrected chi connectivity index (χ2v) is 8.95. The number of aromatic nitrogens is 1. The van der Waals surface area contributed by atoms with E-state index in [9.17, 15) is 13.2 Å². The van der Waals surface area contributed by atoms with Gasteiger partial charge in [-0.15, -0.1) is 0 Å². The zero-order valence-corrected chi connectivity index (χ0v) is 15.4. The first-order valence-electron chi connectivity index (χ1n) is 7.81. The molecule has 4 aromatic rings. The highest BCUT2D eigenvalue weighted by Crippen LogP contribution is 2.31. The molecule has 4 rings (SSSR count). The Bertz CT molecular complexity index is 1260. The summed E-state index contributed by atoms with van der Waals surface area (Å²) in [6.07, 6.45) is 1.11. The molecule has 0 atom stereocenters. The van der Waals surface area contributed by atoms with Crippen LogP contribution in [0.4, 0.5) is 5.13 Å². The summed E-state index contributed by atoms with van der Waals surface area (Å²) in [5, 5.41) is 5.36. The van der Waals surface area contributed by atoms with Crippen LogP contribution in [0.1, 0.15) is 10.4 Å². The van der Waals surface area contributed by atoms with Crippen LogP contribution in [-0.4, -0.2) is 25.6 Å². The summed E-state index contributed by atoms with van der Waals surface area (Å²) in [7, 11) is -3.37. The number of hydrogen-bond donors (Lipinski definition) is 1. The lowest BCUT2D eigenvalue weighted by Crippen LogP contribution is -2.12. The molecule has 1 aromatic heterocycles. The minimum absolute atomic E-state index is 0.112. The first kappa shape index (κ1) is 16.7. The zero-order chi connectivity index (χ0) is 18.3. The van der Waals surface area contributed by atoms with E-state index in [4.69, 9.17) is 0 Å². The molecule has 0 radical (unpaired) electrons. The molecule has 0 aliphatic carbocycles. The van der Waals surface area contributed by atoms with Crippen LogP contribution < -0.4 is 5.32 Å². The van der Waals surface area contributed by atoms with Crippen molar-refractivity contribution in [3.63, 3.8) is 0 Å². The summed E-state index contributed by atoms with van der Waals surface area (Å²) in [5.41, 5.74) is 1.12. The standard InChI is InChI=1S/C19H14N2O3S2/c1-26(23,24)14-7-4-6-13(11-14)18(22)21-19-20-17-15-8-3-2-5-12(15)9-10-16(17)25-19/h2-11H,1H3,(H,20,21,22). The van der Waals surface area contributed by atoms with Crippen LogP contribution >= 0.6 is 11.3 Å². The lowest BCUT2D eigenvalue weighted by atomic mass is 10.1. The third-order valence-corrected chi connectivity index (χ3v) is 6.07. The molecule has 3 aromatic carbocycles. The normalized spacial score (nSPS) is 11.7. The maximum absolute atomic E-state index is 12.5. The van der Waals surface area contributed by atoms with E-state index in [1.807, 2.05) is 36.4 Å². The number of carbonyl (C=O) groups excluding carboxylic acids is 1. The second-order valence-electron chi connectivity index (χ2n) is 5.91. The predicted octanol–water partition coefficient (Wildman–Crippen LogP) is 4.11. The summed E-state index contributed by atoms with van der Waals surface area (Å²) in [6, 6.07) is 17.9.